The third-order valence-electron chi connectivity index (χ3n) is 5.30. The lowest BCUT2D eigenvalue weighted by atomic mass is 10.0. The lowest BCUT2D eigenvalue weighted by Crippen LogP contribution is -2.35. The second-order valence-corrected chi connectivity index (χ2v) is 6.88. The number of aromatic amines is 1. The second kappa shape index (κ2) is 6.30. The van der Waals surface area contributed by atoms with Crippen molar-refractivity contribution in [1.82, 2.24) is 9.88 Å². The first-order valence-corrected chi connectivity index (χ1v) is 9.05. The van der Waals surface area contributed by atoms with Gasteiger partial charge in [0, 0.05) is 47.2 Å². The lowest BCUT2D eigenvalue weighted by Gasteiger charge is -2.27. The van der Waals surface area contributed by atoms with E-state index in [1.54, 1.807) is 24.3 Å². The Balaban J connectivity index is 1.47. The number of nitrogens with zero attached hydrogens (tertiary/aromatic N) is 1. The number of carbonyl (C=O) groups excluding carboxylic acids is 2. The van der Waals surface area contributed by atoms with Gasteiger partial charge in [0.2, 0.25) is 6.79 Å². The average molecular weight is 378 g/mol. The fraction of sp³-hybridized carbons (Fsp3) is 0.238. The van der Waals surface area contributed by atoms with Crippen molar-refractivity contribution in [1.29, 1.82) is 0 Å². The molecule has 0 saturated heterocycles. The summed E-state index contributed by atoms with van der Waals surface area (Å²) in [5.74, 6) is 0.825. The molecule has 0 radical (unpaired) electrons. The van der Waals surface area contributed by atoms with Crippen LogP contribution >= 0.6 is 0 Å². The number of carbonyl (C=O) groups is 2. The molecule has 1 N–H and O–H groups in total. The molecule has 2 aliphatic heterocycles. The number of nitrogens with one attached hydrogen (secondary N) is 1. The summed E-state index contributed by atoms with van der Waals surface area (Å²) in [4.78, 5) is 30.1. The molecule has 1 amide bonds. The number of aromatic nitrogens is 1. The molecule has 7 nitrogen and oxygen atoms in total. The summed E-state index contributed by atoms with van der Waals surface area (Å²) in [6.07, 6.45) is 0.730. The third-order valence-corrected chi connectivity index (χ3v) is 5.30. The van der Waals surface area contributed by atoms with Crippen molar-refractivity contribution in [2.75, 3.05) is 20.4 Å². The van der Waals surface area contributed by atoms with Crippen LogP contribution in [0.3, 0.4) is 0 Å². The number of hydrogen-bond donors (Lipinski definition) is 1. The molecular formula is C21H18N2O5. The van der Waals surface area contributed by atoms with Crippen molar-refractivity contribution in [2.24, 2.45) is 0 Å². The van der Waals surface area contributed by atoms with E-state index in [-0.39, 0.29) is 18.7 Å². The van der Waals surface area contributed by atoms with Crippen molar-refractivity contribution in [3.63, 3.8) is 0 Å². The summed E-state index contributed by atoms with van der Waals surface area (Å²) in [6, 6.07) is 10.7. The molecule has 0 fully saturated rings. The van der Waals surface area contributed by atoms with Crippen LogP contribution in [0.5, 0.6) is 11.5 Å². The Bertz CT molecular complexity index is 1120. The van der Waals surface area contributed by atoms with E-state index in [1.807, 2.05) is 17.0 Å². The molecule has 0 unspecified atom stereocenters. The molecule has 0 atom stereocenters. The largest absolute Gasteiger partial charge is 0.465 e. The van der Waals surface area contributed by atoms with Crippen molar-refractivity contribution < 1.29 is 23.8 Å². The van der Waals surface area contributed by atoms with Gasteiger partial charge in [-0.2, -0.15) is 0 Å². The Morgan fingerprint density at radius 1 is 1.07 bits per heavy atom. The Morgan fingerprint density at radius 3 is 2.75 bits per heavy atom. The molecule has 3 aromatic rings. The highest BCUT2D eigenvalue weighted by atomic mass is 16.7. The fourth-order valence-corrected chi connectivity index (χ4v) is 3.84. The van der Waals surface area contributed by atoms with Gasteiger partial charge in [0.1, 0.15) is 0 Å². The quantitative estimate of drug-likeness (QED) is 0.694. The van der Waals surface area contributed by atoms with Crippen LogP contribution < -0.4 is 9.47 Å². The van der Waals surface area contributed by atoms with E-state index < -0.39 is 0 Å². The van der Waals surface area contributed by atoms with Crippen LogP contribution in [-0.2, 0) is 17.7 Å². The minimum Gasteiger partial charge on any atom is -0.465 e. The maximum Gasteiger partial charge on any atom is 0.337 e. The van der Waals surface area contributed by atoms with Crippen LogP contribution in [0.1, 0.15) is 32.0 Å². The van der Waals surface area contributed by atoms with E-state index in [0.717, 1.165) is 28.6 Å². The molecule has 7 heteroatoms. The summed E-state index contributed by atoms with van der Waals surface area (Å²) >= 11 is 0. The SMILES string of the molecule is COC(=O)c1ccc2[nH]c3c(c2c1)CN(C(=O)c1ccc2c(c1)OCO2)CC3. The smallest absolute Gasteiger partial charge is 0.337 e. The van der Waals surface area contributed by atoms with E-state index in [0.29, 0.717) is 35.7 Å². The molecule has 142 valence electrons. The van der Waals surface area contributed by atoms with E-state index in [1.165, 1.54) is 7.11 Å². The number of hydrogen-bond acceptors (Lipinski definition) is 5. The Labute approximate surface area is 160 Å². The van der Waals surface area contributed by atoms with Gasteiger partial charge in [-0.3, -0.25) is 4.79 Å². The van der Waals surface area contributed by atoms with E-state index in [9.17, 15) is 9.59 Å². The van der Waals surface area contributed by atoms with Gasteiger partial charge < -0.3 is 24.1 Å². The predicted octanol–water partition coefficient (Wildman–Crippen LogP) is 2.88. The minimum absolute atomic E-state index is 0.0533. The topological polar surface area (TPSA) is 80.9 Å². The van der Waals surface area contributed by atoms with Crippen LogP contribution in [0.2, 0.25) is 0 Å². The van der Waals surface area contributed by atoms with Gasteiger partial charge in [-0.1, -0.05) is 0 Å². The molecule has 0 saturated carbocycles. The molecular weight excluding hydrogens is 360 g/mol. The van der Waals surface area contributed by atoms with Gasteiger partial charge in [0.15, 0.2) is 11.5 Å². The number of methoxy groups -OCH3 is 1. The summed E-state index contributed by atoms with van der Waals surface area (Å²) < 4.78 is 15.5. The van der Waals surface area contributed by atoms with E-state index >= 15 is 0 Å². The van der Waals surface area contributed by atoms with Crippen molar-refractivity contribution in [3.8, 4) is 11.5 Å². The number of rotatable bonds is 2. The monoisotopic (exact) mass is 378 g/mol. The number of H-pyrrole nitrogens is 1. The maximum atomic E-state index is 13.0. The third kappa shape index (κ3) is 2.58. The van der Waals surface area contributed by atoms with E-state index in [4.69, 9.17) is 14.2 Å². The zero-order valence-electron chi connectivity index (χ0n) is 15.3. The Hall–Kier alpha value is -3.48. The van der Waals surface area contributed by atoms with Gasteiger partial charge in [-0.15, -0.1) is 0 Å². The zero-order chi connectivity index (χ0) is 19.3. The summed E-state index contributed by atoms with van der Waals surface area (Å²) in [7, 11) is 1.37. The summed E-state index contributed by atoms with van der Waals surface area (Å²) in [6.45, 7) is 1.28. The minimum atomic E-state index is -0.374. The van der Waals surface area contributed by atoms with Crippen molar-refractivity contribution in [3.05, 3.63) is 58.8 Å². The molecule has 5 rings (SSSR count). The van der Waals surface area contributed by atoms with Crippen LogP contribution in [0, 0.1) is 0 Å². The van der Waals surface area contributed by atoms with Gasteiger partial charge in [0.05, 0.1) is 12.7 Å². The average Bonchev–Trinajstić information content (AvgIpc) is 3.35. The molecule has 0 bridgehead atoms. The number of benzene rings is 2. The maximum absolute atomic E-state index is 13.0. The lowest BCUT2D eigenvalue weighted by molar-refractivity contribution is 0.0600. The summed E-state index contributed by atoms with van der Waals surface area (Å²) in [5.41, 5.74) is 4.17. The van der Waals surface area contributed by atoms with Gasteiger partial charge in [-0.05, 0) is 36.4 Å². The number of fused-ring (bicyclic) bond motifs is 4. The molecule has 2 aromatic carbocycles. The highest BCUT2D eigenvalue weighted by molar-refractivity contribution is 5.98. The molecule has 0 aliphatic carbocycles. The van der Waals surface area contributed by atoms with Crippen LogP contribution in [0.4, 0.5) is 0 Å². The molecule has 3 heterocycles. The van der Waals surface area contributed by atoms with Crippen LogP contribution in [-0.4, -0.2) is 42.2 Å². The molecule has 28 heavy (non-hydrogen) atoms. The van der Waals surface area contributed by atoms with Gasteiger partial charge in [-0.25, -0.2) is 4.79 Å². The number of amides is 1. The second-order valence-electron chi connectivity index (χ2n) is 6.88. The molecule has 0 spiro atoms. The summed E-state index contributed by atoms with van der Waals surface area (Å²) in [5, 5.41) is 0.945. The number of ether oxygens (including phenoxy) is 3. The highest BCUT2D eigenvalue weighted by Gasteiger charge is 2.26. The first-order valence-electron chi connectivity index (χ1n) is 9.05. The van der Waals surface area contributed by atoms with E-state index in [2.05, 4.69) is 4.98 Å². The standard InChI is InChI=1S/C21H18N2O5/c1-26-21(25)13-2-4-16-14(8-13)15-10-23(7-6-17(15)22-16)20(24)12-3-5-18-19(9-12)28-11-27-18/h2-5,8-9,22H,6-7,10-11H2,1H3. The molecule has 2 aliphatic rings. The van der Waals surface area contributed by atoms with Gasteiger partial charge in [0.25, 0.3) is 5.91 Å². The predicted molar refractivity (Wildman–Crippen MR) is 101 cm³/mol. The highest BCUT2D eigenvalue weighted by Crippen LogP contribution is 2.34. The van der Waals surface area contributed by atoms with Gasteiger partial charge >= 0.3 is 5.97 Å². The Kier molecular flexibility index (Phi) is 3.75. The zero-order valence-corrected chi connectivity index (χ0v) is 15.3. The fourth-order valence-electron chi connectivity index (χ4n) is 3.84. The molecule has 1 aromatic heterocycles. The first kappa shape index (κ1) is 16.7. The van der Waals surface area contributed by atoms with Crippen LogP contribution in [0.15, 0.2) is 36.4 Å². The first-order chi connectivity index (χ1) is 13.6. The van der Waals surface area contributed by atoms with Crippen molar-refractivity contribution in [2.45, 2.75) is 13.0 Å². The Morgan fingerprint density at radius 2 is 1.89 bits per heavy atom. The van der Waals surface area contributed by atoms with Crippen molar-refractivity contribution >= 4 is 22.8 Å². The normalized spacial score (nSPS) is 14.8. The van der Waals surface area contributed by atoms with Crippen LogP contribution in [0.25, 0.3) is 10.9 Å². The number of esters is 1.